The lowest BCUT2D eigenvalue weighted by Crippen LogP contribution is -2.30. The van der Waals surface area contributed by atoms with Gasteiger partial charge in [-0.15, -0.1) is 0 Å². The molecule has 3 N–H and O–H groups in total. The van der Waals surface area contributed by atoms with Crippen LogP contribution in [0.25, 0.3) is 16.9 Å². The molecule has 2 aromatic carbocycles. The standard InChI is InChI=1S/C22H17Cl2N5O/c1-14-20(22(30)27-26)28-29(19-11-10-17(23)13-18(19)24)21(14)16-8-6-15(7-9-16)5-3-2-4-12-25/h6-11,13H,2,4,26H2,1H3,(H,27,30). The fourth-order valence-electron chi connectivity index (χ4n) is 2.94. The van der Waals surface area contributed by atoms with Crippen molar-refractivity contribution in [1.29, 1.82) is 5.26 Å². The third kappa shape index (κ3) is 4.48. The average molecular weight is 438 g/mol. The van der Waals surface area contributed by atoms with E-state index in [9.17, 15) is 4.79 Å². The molecule has 30 heavy (non-hydrogen) atoms. The second-order valence-corrected chi connectivity index (χ2v) is 7.18. The van der Waals surface area contributed by atoms with Crippen LogP contribution in [-0.4, -0.2) is 15.7 Å². The summed E-state index contributed by atoms with van der Waals surface area (Å²) in [5.74, 6) is 10.8. The van der Waals surface area contributed by atoms with Gasteiger partial charge in [-0.2, -0.15) is 10.4 Å². The van der Waals surface area contributed by atoms with Gasteiger partial charge in [0.25, 0.3) is 5.91 Å². The Bertz CT molecular complexity index is 1200. The molecule has 1 heterocycles. The molecule has 0 aliphatic carbocycles. The number of nitrogen functional groups attached to an aromatic ring is 1. The molecule has 150 valence electrons. The minimum Gasteiger partial charge on any atom is -0.289 e. The number of unbranched alkanes of at least 4 members (excludes halogenated alkanes) is 1. The molecule has 1 aromatic heterocycles. The number of hydrogen-bond acceptors (Lipinski definition) is 4. The fraction of sp³-hybridized carbons (Fsp3) is 0.136. The van der Waals surface area contributed by atoms with E-state index >= 15 is 0 Å². The minimum atomic E-state index is -0.502. The zero-order valence-electron chi connectivity index (χ0n) is 16.0. The number of carbonyl (C=O) groups excluding carboxylic acids is 1. The van der Waals surface area contributed by atoms with Crippen molar-refractivity contribution >= 4 is 29.1 Å². The largest absolute Gasteiger partial charge is 0.289 e. The van der Waals surface area contributed by atoms with Gasteiger partial charge >= 0.3 is 0 Å². The van der Waals surface area contributed by atoms with Crippen molar-refractivity contribution in [2.24, 2.45) is 5.84 Å². The van der Waals surface area contributed by atoms with Gasteiger partial charge in [0.15, 0.2) is 5.69 Å². The zero-order chi connectivity index (χ0) is 21.7. The van der Waals surface area contributed by atoms with Crippen molar-refractivity contribution in [3.8, 4) is 34.9 Å². The number of benzene rings is 2. The number of nitrogens with zero attached hydrogens (tertiary/aromatic N) is 3. The van der Waals surface area contributed by atoms with E-state index in [0.29, 0.717) is 39.8 Å². The number of carbonyl (C=O) groups is 1. The molecular formula is C22H17Cl2N5O. The Morgan fingerprint density at radius 1 is 1.20 bits per heavy atom. The van der Waals surface area contributed by atoms with Crippen LogP contribution in [0.1, 0.15) is 34.5 Å². The molecule has 0 fully saturated rings. The van der Waals surface area contributed by atoms with Crippen LogP contribution < -0.4 is 11.3 Å². The highest BCUT2D eigenvalue weighted by Gasteiger charge is 2.22. The second kappa shape index (κ2) is 9.47. The Morgan fingerprint density at radius 2 is 1.93 bits per heavy atom. The molecular weight excluding hydrogens is 421 g/mol. The van der Waals surface area contributed by atoms with Crippen molar-refractivity contribution in [3.05, 3.63) is 69.3 Å². The molecule has 0 saturated carbocycles. The predicted octanol–water partition coefficient (Wildman–Crippen LogP) is 4.41. The lowest BCUT2D eigenvalue weighted by atomic mass is 10.0. The molecule has 0 saturated heterocycles. The molecule has 0 bridgehead atoms. The molecule has 0 aliphatic heterocycles. The lowest BCUT2D eigenvalue weighted by molar-refractivity contribution is 0.0947. The van der Waals surface area contributed by atoms with E-state index in [1.54, 1.807) is 29.8 Å². The van der Waals surface area contributed by atoms with Crippen LogP contribution in [0, 0.1) is 30.1 Å². The number of hydrogen-bond donors (Lipinski definition) is 2. The van der Waals surface area contributed by atoms with Gasteiger partial charge in [-0.3, -0.25) is 10.2 Å². The van der Waals surface area contributed by atoms with Crippen molar-refractivity contribution in [2.75, 3.05) is 0 Å². The summed E-state index contributed by atoms with van der Waals surface area (Å²) in [7, 11) is 0. The van der Waals surface area contributed by atoms with E-state index in [4.69, 9.17) is 34.3 Å². The number of nitriles is 1. The third-order valence-electron chi connectivity index (χ3n) is 4.36. The monoisotopic (exact) mass is 437 g/mol. The van der Waals surface area contributed by atoms with Gasteiger partial charge in [0, 0.05) is 34.6 Å². The van der Waals surface area contributed by atoms with E-state index < -0.39 is 5.91 Å². The van der Waals surface area contributed by atoms with Crippen molar-refractivity contribution in [2.45, 2.75) is 19.8 Å². The van der Waals surface area contributed by atoms with Gasteiger partial charge in [0.1, 0.15) is 0 Å². The van der Waals surface area contributed by atoms with Crippen LogP contribution in [0.2, 0.25) is 10.0 Å². The first kappa shape index (κ1) is 21.4. The highest BCUT2D eigenvalue weighted by Crippen LogP contribution is 2.32. The summed E-state index contributed by atoms with van der Waals surface area (Å²) in [5, 5.41) is 13.9. The molecule has 8 heteroatoms. The smallest absolute Gasteiger partial charge is 0.285 e. The molecule has 0 atom stereocenters. The molecule has 0 spiro atoms. The Balaban J connectivity index is 2.11. The summed E-state index contributed by atoms with van der Waals surface area (Å²) in [6, 6.07) is 14.6. The highest BCUT2D eigenvalue weighted by atomic mass is 35.5. The number of aromatic nitrogens is 2. The quantitative estimate of drug-likeness (QED) is 0.207. The number of amides is 1. The second-order valence-electron chi connectivity index (χ2n) is 6.34. The maximum atomic E-state index is 12.2. The first-order valence-electron chi connectivity index (χ1n) is 8.98. The van der Waals surface area contributed by atoms with Crippen molar-refractivity contribution < 1.29 is 4.79 Å². The van der Waals surface area contributed by atoms with Gasteiger partial charge in [-0.05, 0) is 37.3 Å². The molecule has 0 aliphatic rings. The summed E-state index contributed by atoms with van der Waals surface area (Å²) < 4.78 is 1.60. The number of hydrazine groups is 1. The molecule has 0 unspecified atom stereocenters. The summed E-state index contributed by atoms with van der Waals surface area (Å²) in [4.78, 5) is 12.2. The number of nitrogens with one attached hydrogen (secondary N) is 1. The SMILES string of the molecule is Cc1c(C(=O)NN)nn(-c2ccc(Cl)cc2Cl)c1-c1ccc(C#CCCC#N)cc1. The maximum Gasteiger partial charge on any atom is 0.285 e. The normalized spacial score (nSPS) is 10.1. The van der Waals surface area contributed by atoms with E-state index in [2.05, 4.69) is 28.4 Å². The van der Waals surface area contributed by atoms with Crippen molar-refractivity contribution in [3.63, 3.8) is 0 Å². The first-order valence-corrected chi connectivity index (χ1v) is 9.74. The van der Waals surface area contributed by atoms with Gasteiger partial charge in [0.2, 0.25) is 0 Å². The minimum absolute atomic E-state index is 0.193. The molecule has 6 nitrogen and oxygen atoms in total. The number of rotatable bonds is 4. The Hall–Kier alpha value is -3.29. The summed E-state index contributed by atoms with van der Waals surface area (Å²) in [6.07, 6.45) is 0.925. The van der Waals surface area contributed by atoms with E-state index in [0.717, 1.165) is 11.1 Å². The van der Waals surface area contributed by atoms with Crippen LogP contribution in [-0.2, 0) is 0 Å². The summed E-state index contributed by atoms with van der Waals surface area (Å²) >= 11 is 12.4. The highest BCUT2D eigenvalue weighted by molar-refractivity contribution is 6.35. The Morgan fingerprint density at radius 3 is 2.57 bits per heavy atom. The zero-order valence-corrected chi connectivity index (χ0v) is 17.6. The van der Waals surface area contributed by atoms with Gasteiger partial charge < -0.3 is 0 Å². The lowest BCUT2D eigenvalue weighted by Gasteiger charge is -2.11. The average Bonchev–Trinajstić information content (AvgIpc) is 3.08. The van der Waals surface area contributed by atoms with Gasteiger partial charge in [-0.1, -0.05) is 47.2 Å². The fourth-order valence-corrected chi connectivity index (χ4v) is 3.43. The van der Waals surface area contributed by atoms with Crippen LogP contribution >= 0.6 is 23.2 Å². The Kier molecular flexibility index (Phi) is 6.76. The maximum absolute atomic E-state index is 12.2. The van der Waals surface area contributed by atoms with E-state index in [1.807, 2.05) is 24.3 Å². The first-order chi connectivity index (χ1) is 14.5. The topological polar surface area (TPSA) is 96.7 Å². The predicted molar refractivity (Wildman–Crippen MR) is 117 cm³/mol. The van der Waals surface area contributed by atoms with Gasteiger partial charge in [-0.25, -0.2) is 10.5 Å². The van der Waals surface area contributed by atoms with Crippen LogP contribution in [0.3, 0.4) is 0 Å². The van der Waals surface area contributed by atoms with E-state index in [1.165, 1.54) is 0 Å². The third-order valence-corrected chi connectivity index (χ3v) is 4.90. The summed E-state index contributed by atoms with van der Waals surface area (Å²) in [6.45, 7) is 1.79. The molecule has 0 radical (unpaired) electrons. The molecule has 3 rings (SSSR count). The van der Waals surface area contributed by atoms with E-state index in [-0.39, 0.29) is 5.69 Å². The number of halogens is 2. The summed E-state index contributed by atoms with van der Waals surface area (Å²) in [5.41, 5.74) is 5.89. The molecule has 1 amide bonds. The van der Waals surface area contributed by atoms with Gasteiger partial charge in [0.05, 0.1) is 22.5 Å². The van der Waals surface area contributed by atoms with Crippen LogP contribution in [0.15, 0.2) is 42.5 Å². The molecule has 3 aromatic rings. The van der Waals surface area contributed by atoms with Crippen molar-refractivity contribution in [1.82, 2.24) is 15.2 Å². The Labute approximate surface area is 184 Å². The van der Waals surface area contributed by atoms with Crippen LogP contribution in [0.4, 0.5) is 0 Å². The van der Waals surface area contributed by atoms with Crippen LogP contribution in [0.5, 0.6) is 0 Å². The number of nitrogens with two attached hydrogens (primary N) is 1.